The Morgan fingerprint density at radius 2 is 1.67 bits per heavy atom. The number of halogens is 3. The molecule has 0 saturated carbocycles. The lowest BCUT2D eigenvalue weighted by atomic mass is 10.00. The summed E-state index contributed by atoms with van der Waals surface area (Å²) >= 11 is 0. The zero-order valence-electron chi connectivity index (χ0n) is 12.2. The number of hydrogen-bond donors (Lipinski definition) is 1. The number of carbonyl (C=O) groups excluding carboxylic acids is 1. The molecule has 1 saturated heterocycles. The average molecular weight is 355 g/mol. The van der Waals surface area contributed by atoms with Crippen LogP contribution in [-0.4, -0.2) is 14.3 Å². The number of sulfonamides is 1. The van der Waals surface area contributed by atoms with Crippen LogP contribution in [0, 0.1) is 0 Å². The van der Waals surface area contributed by atoms with Gasteiger partial charge < -0.3 is 0 Å². The third-order valence-corrected chi connectivity index (χ3v) is 5.51. The highest BCUT2D eigenvalue weighted by Crippen LogP contribution is 2.34. The Balaban J connectivity index is 1.92. The second-order valence-corrected chi connectivity index (χ2v) is 7.33. The third kappa shape index (κ3) is 3.14. The Bertz CT molecular complexity index is 890. The molecular formula is C16H12F3NO3S. The lowest BCUT2D eigenvalue weighted by Gasteiger charge is -2.11. The van der Waals surface area contributed by atoms with Crippen LogP contribution in [0.4, 0.5) is 13.2 Å². The van der Waals surface area contributed by atoms with E-state index in [1.54, 1.807) is 18.2 Å². The third-order valence-electron chi connectivity index (χ3n) is 3.81. The second-order valence-electron chi connectivity index (χ2n) is 5.46. The fourth-order valence-corrected chi connectivity index (χ4v) is 4.04. The van der Waals surface area contributed by atoms with Crippen molar-refractivity contribution in [2.75, 3.05) is 0 Å². The molecule has 2 aromatic carbocycles. The van der Waals surface area contributed by atoms with E-state index in [4.69, 9.17) is 0 Å². The molecule has 3 rings (SSSR count). The number of amides is 1. The number of hydrogen-bond acceptors (Lipinski definition) is 3. The quantitative estimate of drug-likeness (QED) is 0.899. The first kappa shape index (κ1) is 16.5. The van der Waals surface area contributed by atoms with Crippen molar-refractivity contribution in [3.63, 3.8) is 0 Å². The van der Waals surface area contributed by atoms with E-state index < -0.39 is 32.9 Å². The van der Waals surface area contributed by atoms with Gasteiger partial charge in [0, 0.05) is 0 Å². The average Bonchev–Trinajstić information content (AvgIpc) is 2.79. The summed E-state index contributed by atoms with van der Waals surface area (Å²) in [5.74, 6) is -0.568. The summed E-state index contributed by atoms with van der Waals surface area (Å²) in [6.07, 6.45) is -4.59. The number of nitrogens with one attached hydrogen (secondary N) is 1. The summed E-state index contributed by atoms with van der Waals surface area (Å²) in [5, 5.41) is -0.972. The lowest BCUT2D eigenvalue weighted by molar-refractivity contribution is -0.137. The van der Waals surface area contributed by atoms with Crippen LogP contribution < -0.4 is 4.72 Å². The maximum atomic E-state index is 12.8. The van der Waals surface area contributed by atoms with Gasteiger partial charge in [0.2, 0.25) is 15.9 Å². The predicted octanol–water partition coefficient (Wildman–Crippen LogP) is 3.26. The van der Waals surface area contributed by atoms with Gasteiger partial charge in [0.15, 0.2) is 0 Å². The first-order chi connectivity index (χ1) is 11.2. The van der Waals surface area contributed by atoms with Crippen LogP contribution >= 0.6 is 0 Å². The molecule has 1 atom stereocenters. The molecule has 0 bridgehead atoms. The molecule has 1 amide bonds. The number of rotatable bonds is 2. The van der Waals surface area contributed by atoms with Gasteiger partial charge in [-0.25, -0.2) is 8.42 Å². The molecule has 24 heavy (non-hydrogen) atoms. The number of alkyl halides is 3. The molecule has 0 aromatic heterocycles. The molecule has 1 aliphatic heterocycles. The fourth-order valence-electron chi connectivity index (χ4n) is 2.61. The van der Waals surface area contributed by atoms with Crippen molar-refractivity contribution in [1.29, 1.82) is 0 Å². The van der Waals surface area contributed by atoms with Crippen LogP contribution in [0.1, 0.15) is 22.8 Å². The molecule has 1 aliphatic rings. The zero-order valence-corrected chi connectivity index (χ0v) is 13.0. The minimum absolute atomic E-state index is 0.161. The van der Waals surface area contributed by atoms with Crippen molar-refractivity contribution < 1.29 is 26.4 Å². The Kier molecular flexibility index (Phi) is 3.87. The Morgan fingerprint density at radius 1 is 1.00 bits per heavy atom. The largest absolute Gasteiger partial charge is 0.416 e. The van der Waals surface area contributed by atoms with Gasteiger partial charge in [-0.15, -0.1) is 0 Å². The number of benzene rings is 2. The highest BCUT2D eigenvalue weighted by molar-refractivity contribution is 7.90. The smallest absolute Gasteiger partial charge is 0.274 e. The number of carbonyl (C=O) groups is 1. The van der Waals surface area contributed by atoms with Crippen LogP contribution in [0.15, 0.2) is 48.5 Å². The fraction of sp³-hybridized carbons (Fsp3) is 0.188. The maximum Gasteiger partial charge on any atom is 0.416 e. The van der Waals surface area contributed by atoms with Crippen molar-refractivity contribution in [3.8, 4) is 11.1 Å². The molecule has 1 heterocycles. The van der Waals surface area contributed by atoms with Gasteiger partial charge in [-0.1, -0.05) is 36.4 Å². The molecule has 126 valence electrons. The molecular weight excluding hydrogens is 343 g/mol. The van der Waals surface area contributed by atoms with Gasteiger partial charge in [-0.3, -0.25) is 9.52 Å². The molecule has 4 nitrogen and oxygen atoms in total. The molecule has 0 aliphatic carbocycles. The van der Waals surface area contributed by atoms with Crippen LogP contribution in [0.5, 0.6) is 0 Å². The van der Waals surface area contributed by atoms with Crippen molar-refractivity contribution in [2.24, 2.45) is 0 Å². The molecule has 1 unspecified atom stereocenters. The van der Waals surface area contributed by atoms with Gasteiger partial charge >= 0.3 is 6.18 Å². The van der Waals surface area contributed by atoms with E-state index in [0.717, 1.165) is 12.1 Å². The van der Waals surface area contributed by atoms with Gasteiger partial charge in [0.05, 0.1) is 12.0 Å². The van der Waals surface area contributed by atoms with E-state index >= 15 is 0 Å². The van der Waals surface area contributed by atoms with Crippen LogP contribution in [0.2, 0.25) is 0 Å². The summed E-state index contributed by atoms with van der Waals surface area (Å²) in [4.78, 5) is 11.3. The summed E-state index contributed by atoms with van der Waals surface area (Å²) in [6.45, 7) is 0. The molecule has 8 heteroatoms. The maximum absolute atomic E-state index is 12.8. The zero-order chi connectivity index (χ0) is 17.5. The summed E-state index contributed by atoms with van der Waals surface area (Å²) in [5.41, 5.74) is 0.570. The van der Waals surface area contributed by atoms with Crippen LogP contribution in [0.3, 0.4) is 0 Å². The Hall–Kier alpha value is -2.35. The van der Waals surface area contributed by atoms with Crippen LogP contribution in [0.25, 0.3) is 11.1 Å². The van der Waals surface area contributed by atoms with Gasteiger partial charge in [-0.05, 0) is 28.8 Å². The Labute approximate surface area is 136 Å². The monoisotopic (exact) mass is 355 g/mol. The summed E-state index contributed by atoms with van der Waals surface area (Å²) in [7, 11) is -3.74. The van der Waals surface area contributed by atoms with Crippen molar-refractivity contribution in [1.82, 2.24) is 4.72 Å². The van der Waals surface area contributed by atoms with E-state index in [9.17, 15) is 26.4 Å². The molecule has 0 radical (unpaired) electrons. The highest BCUT2D eigenvalue weighted by atomic mass is 32.2. The molecule has 2 aromatic rings. The second kappa shape index (κ2) is 5.62. The van der Waals surface area contributed by atoms with Gasteiger partial charge in [0.1, 0.15) is 5.25 Å². The van der Waals surface area contributed by atoms with Gasteiger partial charge in [0.25, 0.3) is 0 Å². The molecule has 1 N–H and O–H groups in total. The highest BCUT2D eigenvalue weighted by Gasteiger charge is 2.37. The van der Waals surface area contributed by atoms with E-state index in [1.807, 2.05) is 4.72 Å². The van der Waals surface area contributed by atoms with E-state index in [0.29, 0.717) is 16.7 Å². The van der Waals surface area contributed by atoms with Crippen molar-refractivity contribution >= 4 is 15.9 Å². The first-order valence-electron chi connectivity index (χ1n) is 6.99. The predicted molar refractivity (Wildman–Crippen MR) is 81.3 cm³/mol. The van der Waals surface area contributed by atoms with E-state index in [-0.39, 0.29) is 6.42 Å². The topological polar surface area (TPSA) is 63.2 Å². The van der Waals surface area contributed by atoms with Gasteiger partial charge in [-0.2, -0.15) is 13.2 Å². The standard InChI is InChI=1S/C16H12F3NO3S/c17-16(18,19)13-3-1-2-12(8-13)10-4-6-11(7-5-10)14-9-15(21)20-24(14,22)23/h1-8,14H,9H2,(H,20,21). The first-order valence-corrected chi connectivity index (χ1v) is 8.53. The minimum atomic E-state index is -4.43. The minimum Gasteiger partial charge on any atom is -0.274 e. The molecule has 0 spiro atoms. The normalized spacial score (nSPS) is 20.0. The SMILES string of the molecule is O=C1CC(c2ccc(-c3cccc(C(F)(F)F)c3)cc2)S(=O)(=O)N1. The van der Waals surface area contributed by atoms with Crippen molar-refractivity contribution in [3.05, 3.63) is 59.7 Å². The van der Waals surface area contributed by atoms with E-state index in [1.165, 1.54) is 18.2 Å². The summed E-state index contributed by atoms with van der Waals surface area (Å²) < 4.78 is 63.9. The van der Waals surface area contributed by atoms with Crippen LogP contribution in [-0.2, 0) is 21.0 Å². The summed E-state index contributed by atoms with van der Waals surface area (Å²) in [6, 6.07) is 11.0. The Morgan fingerprint density at radius 3 is 2.21 bits per heavy atom. The van der Waals surface area contributed by atoms with E-state index in [2.05, 4.69) is 0 Å². The molecule has 1 fully saturated rings. The van der Waals surface area contributed by atoms with Crippen molar-refractivity contribution in [2.45, 2.75) is 17.8 Å². The lowest BCUT2D eigenvalue weighted by Crippen LogP contribution is -2.21.